The molecule has 1 aliphatic rings. The summed E-state index contributed by atoms with van der Waals surface area (Å²) in [6.45, 7) is -0.458. The second-order valence-electron chi connectivity index (χ2n) is 6.04. The number of aliphatic hydroxyl groups is 1. The largest absolute Gasteiger partial charge is 0.410 e. The highest BCUT2D eigenvalue weighted by molar-refractivity contribution is 6.30. The number of carbonyl (C=O) groups excluding carboxylic acids is 2. The number of nitrogens with zero attached hydrogens (tertiary/aromatic N) is 1. The summed E-state index contributed by atoms with van der Waals surface area (Å²) >= 11 is 5.64. The quantitative estimate of drug-likeness (QED) is 0.753. The summed E-state index contributed by atoms with van der Waals surface area (Å²) in [5.74, 6) is -6.16. The highest BCUT2D eigenvalue weighted by Gasteiger charge is 2.50. The smallest absolute Gasteiger partial charge is 0.407 e. The summed E-state index contributed by atoms with van der Waals surface area (Å²) in [5.41, 5.74) is -0.184. The van der Waals surface area contributed by atoms with Gasteiger partial charge in [-0.25, -0.2) is 18.0 Å². The molecule has 0 bridgehead atoms. The van der Waals surface area contributed by atoms with Crippen LogP contribution < -0.4 is 10.2 Å². The van der Waals surface area contributed by atoms with Gasteiger partial charge in [-0.2, -0.15) is 0 Å². The van der Waals surface area contributed by atoms with Gasteiger partial charge in [-0.15, -0.1) is 0 Å². The first-order valence-corrected chi connectivity index (χ1v) is 8.48. The number of alkyl carbamates (subject to hydrolysis) is 1. The van der Waals surface area contributed by atoms with Crippen molar-refractivity contribution >= 4 is 29.3 Å². The third-order valence-electron chi connectivity index (χ3n) is 4.17. The minimum Gasteiger partial charge on any atom is -0.407 e. The zero-order valence-electron chi connectivity index (χ0n) is 14.2. The lowest BCUT2D eigenvalue weighted by atomic mass is 10.2. The van der Waals surface area contributed by atoms with Gasteiger partial charge in [-0.1, -0.05) is 23.7 Å². The second kappa shape index (κ2) is 7.69. The molecule has 2 N–H and O–H groups in total. The van der Waals surface area contributed by atoms with E-state index < -0.39 is 35.2 Å². The molecule has 0 unspecified atom stereocenters. The zero-order valence-corrected chi connectivity index (χ0v) is 15.0. The van der Waals surface area contributed by atoms with E-state index in [-0.39, 0.29) is 35.8 Å². The van der Waals surface area contributed by atoms with Crippen molar-refractivity contribution in [2.75, 3.05) is 11.4 Å². The first-order chi connectivity index (χ1) is 13.2. The predicted octanol–water partition coefficient (Wildman–Crippen LogP) is 3.11. The summed E-state index contributed by atoms with van der Waals surface area (Å²) in [6, 6.07) is 6.79. The van der Waals surface area contributed by atoms with Gasteiger partial charge in [0.05, 0.1) is 10.7 Å². The zero-order chi connectivity index (χ0) is 20.5. The van der Waals surface area contributed by atoms with E-state index in [1.807, 2.05) is 0 Å². The van der Waals surface area contributed by atoms with Crippen LogP contribution in [-0.4, -0.2) is 29.4 Å². The molecule has 3 rings (SSSR count). The Morgan fingerprint density at radius 1 is 1.29 bits per heavy atom. The van der Waals surface area contributed by atoms with Gasteiger partial charge in [-0.05, 0) is 18.2 Å². The lowest BCUT2D eigenvalue weighted by Crippen LogP contribution is -2.46. The van der Waals surface area contributed by atoms with Crippen LogP contribution in [0.15, 0.2) is 36.4 Å². The van der Waals surface area contributed by atoms with Gasteiger partial charge in [0.15, 0.2) is 0 Å². The average molecular weight is 415 g/mol. The highest BCUT2D eigenvalue weighted by atomic mass is 35.5. The topological polar surface area (TPSA) is 78.9 Å². The van der Waals surface area contributed by atoms with Gasteiger partial charge < -0.3 is 20.1 Å². The van der Waals surface area contributed by atoms with Crippen LogP contribution in [0, 0.1) is 17.5 Å². The Bertz CT molecular complexity index is 943. The number of amides is 2. The first-order valence-electron chi connectivity index (χ1n) is 8.10. The van der Waals surface area contributed by atoms with Crippen LogP contribution >= 0.6 is 11.6 Å². The van der Waals surface area contributed by atoms with Crippen LogP contribution in [0.1, 0.15) is 12.0 Å². The van der Waals surface area contributed by atoms with E-state index in [9.17, 15) is 27.9 Å². The molecule has 2 aromatic rings. The highest BCUT2D eigenvalue weighted by Crippen LogP contribution is 2.31. The first kappa shape index (κ1) is 20.0. The van der Waals surface area contributed by atoms with Crippen molar-refractivity contribution in [3.8, 4) is 0 Å². The van der Waals surface area contributed by atoms with E-state index in [1.54, 1.807) is 0 Å². The lowest BCUT2D eigenvalue weighted by Gasteiger charge is -2.22. The van der Waals surface area contributed by atoms with Crippen LogP contribution in [-0.2, 0) is 16.1 Å². The van der Waals surface area contributed by atoms with Gasteiger partial charge in [0.1, 0.15) is 17.5 Å². The standard InChI is InChI=1S/C18H14ClF3N2O4/c19-12-3-1-2-10(15(12)22)9-23-17(26)28-18(27)6-7-24(16(18)25)14-5-4-11(20)8-13(14)21/h1-5,8,27H,6-7,9H2,(H,23,26)/t18-/m0/s1. The van der Waals surface area contributed by atoms with E-state index >= 15 is 0 Å². The number of hydrogen-bond acceptors (Lipinski definition) is 4. The Morgan fingerprint density at radius 2 is 2.04 bits per heavy atom. The fraction of sp³-hybridized carbons (Fsp3) is 0.222. The molecule has 28 heavy (non-hydrogen) atoms. The van der Waals surface area contributed by atoms with Crippen molar-refractivity contribution in [2.24, 2.45) is 0 Å². The molecule has 1 fully saturated rings. The normalized spacial score (nSPS) is 19.0. The summed E-state index contributed by atoms with van der Waals surface area (Å²) < 4.78 is 45.5. The molecule has 10 heteroatoms. The van der Waals surface area contributed by atoms with Crippen molar-refractivity contribution < 1.29 is 32.6 Å². The lowest BCUT2D eigenvalue weighted by molar-refractivity contribution is -0.175. The third kappa shape index (κ3) is 3.90. The minimum absolute atomic E-state index is 0.0733. The summed E-state index contributed by atoms with van der Waals surface area (Å²) in [7, 11) is 0. The molecular formula is C18H14ClF3N2O4. The Hall–Kier alpha value is -2.78. The van der Waals surface area contributed by atoms with Crippen molar-refractivity contribution in [3.63, 3.8) is 0 Å². The molecule has 0 spiro atoms. The van der Waals surface area contributed by atoms with E-state index in [0.29, 0.717) is 6.07 Å². The Balaban J connectivity index is 1.66. The van der Waals surface area contributed by atoms with Crippen molar-refractivity contribution in [1.29, 1.82) is 0 Å². The van der Waals surface area contributed by atoms with E-state index in [2.05, 4.69) is 5.32 Å². The maximum atomic E-state index is 13.9. The number of halogens is 4. The fourth-order valence-corrected chi connectivity index (χ4v) is 2.94. The number of nitrogens with one attached hydrogen (secondary N) is 1. The third-order valence-corrected chi connectivity index (χ3v) is 4.46. The molecule has 2 amide bonds. The molecule has 148 valence electrons. The number of benzene rings is 2. The molecule has 1 atom stereocenters. The Labute approximate surface area is 162 Å². The average Bonchev–Trinajstić information content (AvgIpc) is 2.91. The van der Waals surface area contributed by atoms with Gasteiger partial charge in [0.25, 0.3) is 11.7 Å². The van der Waals surface area contributed by atoms with Crippen molar-refractivity contribution in [1.82, 2.24) is 5.32 Å². The van der Waals surface area contributed by atoms with E-state index in [0.717, 1.165) is 17.0 Å². The molecule has 1 aliphatic heterocycles. The molecular weight excluding hydrogens is 401 g/mol. The van der Waals surface area contributed by atoms with Crippen LogP contribution in [0.2, 0.25) is 5.02 Å². The van der Waals surface area contributed by atoms with Crippen molar-refractivity contribution in [2.45, 2.75) is 18.8 Å². The van der Waals surface area contributed by atoms with Crippen LogP contribution in [0.25, 0.3) is 0 Å². The molecule has 0 saturated carbocycles. The summed E-state index contributed by atoms with van der Waals surface area (Å²) in [4.78, 5) is 25.2. The predicted molar refractivity (Wildman–Crippen MR) is 93.0 cm³/mol. The molecule has 1 saturated heterocycles. The number of carbonyl (C=O) groups is 2. The summed E-state index contributed by atoms with van der Waals surface area (Å²) in [5, 5.41) is 12.4. The maximum absolute atomic E-state index is 13.9. The van der Waals surface area contributed by atoms with Gasteiger partial charge >= 0.3 is 6.09 Å². The molecule has 0 aliphatic carbocycles. The van der Waals surface area contributed by atoms with Gasteiger partial charge in [0, 0.05) is 31.1 Å². The molecule has 1 heterocycles. The van der Waals surface area contributed by atoms with E-state index in [1.165, 1.54) is 18.2 Å². The maximum Gasteiger partial charge on any atom is 0.410 e. The van der Waals surface area contributed by atoms with Crippen LogP contribution in [0.3, 0.4) is 0 Å². The van der Waals surface area contributed by atoms with Gasteiger partial charge in [0.2, 0.25) is 0 Å². The number of ether oxygens (including phenoxy) is 1. The molecule has 6 nitrogen and oxygen atoms in total. The monoisotopic (exact) mass is 414 g/mol. The molecule has 2 aromatic carbocycles. The number of rotatable bonds is 4. The second-order valence-corrected chi connectivity index (χ2v) is 6.45. The number of hydrogen-bond donors (Lipinski definition) is 2. The van der Waals surface area contributed by atoms with E-state index in [4.69, 9.17) is 16.3 Å². The van der Waals surface area contributed by atoms with Crippen molar-refractivity contribution in [3.05, 3.63) is 64.4 Å². The van der Waals surface area contributed by atoms with Crippen LogP contribution in [0.5, 0.6) is 0 Å². The minimum atomic E-state index is -2.53. The summed E-state index contributed by atoms with van der Waals surface area (Å²) in [6.07, 6.45) is -1.52. The van der Waals surface area contributed by atoms with Gasteiger partial charge in [-0.3, -0.25) is 4.79 Å². The van der Waals surface area contributed by atoms with Crippen LogP contribution in [0.4, 0.5) is 23.7 Å². The Kier molecular flexibility index (Phi) is 5.48. The SMILES string of the molecule is O=C(NCc1cccc(Cl)c1F)O[C@@]1(O)CCN(c2ccc(F)cc2F)C1=O. The molecule has 0 radical (unpaired) electrons. The Morgan fingerprint density at radius 3 is 2.75 bits per heavy atom. The fourth-order valence-electron chi connectivity index (χ4n) is 2.75. The molecule has 0 aromatic heterocycles. The number of anilines is 1.